The average molecular weight is 326 g/mol. The summed E-state index contributed by atoms with van der Waals surface area (Å²) in [5.74, 6) is 0. The predicted octanol–water partition coefficient (Wildman–Crippen LogP) is 5.82. The number of rotatable bonds is 5. The summed E-state index contributed by atoms with van der Waals surface area (Å²) in [5, 5.41) is 4.54. The molecule has 0 saturated heterocycles. The second-order valence-electron chi connectivity index (χ2n) is 4.47. The van der Waals surface area contributed by atoms with Crippen molar-refractivity contribution in [3.63, 3.8) is 0 Å². The number of benzene rings is 2. The van der Waals surface area contributed by atoms with Crippen molar-refractivity contribution in [3.8, 4) is 0 Å². The molecule has 0 aliphatic heterocycles. The molecular formula is C16H17Cl2NS. The van der Waals surface area contributed by atoms with E-state index in [9.17, 15) is 0 Å². The van der Waals surface area contributed by atoms with Crippen LogP contribution in [-0.4, -0.2) is 7.05 Å². The summed E-state index contributed by atoms with van der Waals surface area (Å²) in [6.45, 7) is 2.18. The lowest BCUT2D eigenvalue weighted by atomic mass is 10.1. The van der Waals surface area contributed by atoms with Gasteiger partial charge < -0.3 is 5.32 Å². The summed E-state index contributed by atoms with van der Waals surface area (Å²) in [5.41, 5.74) is 1.31. The van der Waals surface area contributed by atoms with Crippen molar-refractivity contribution < 1.29 is 0 Å². The van der Waals surface area contributed by atoms with E-state index in [1.165, 1.54) is 10.5 Å². The van der Waals surface area contributed by atoms with Crippen LogP contribution in [0.2, 0.25) is 10.0 Å². The predicted molar refractivity (Wildman–Crippen MR) is 89.1 cm³/mol. The Balaban J connectivity index is 2.31. The molecule has 0 bridgehead atoms. The fourth-order valence-electron chi connectivity index (χ4n) is 2.11. The molecule has 1 N–H and O–H groups in total. The molecule has 1 atom stereocenters. The van der Waals surface area contributed by atoms with Crippen LogP contribution >= 0.6 is 35.0 Å². The van der Waals surface area contributed by atoms with Gasteiger partial charge in [0, 0.05) is 15.8 Å². The van der Waals surface area contributed by atoms with Gasteiger partial charge in [0.1, 0.15) is 0 Å². The highest BCUT2D eigenvalue weighted by molar-refractivity contribution is 7.99. The van der Waals surface area contributed by atoms with Crippen LogP contribution in [0.1, 0.15) is 24.9 Å². The lowest BCUT2D eigenvalue weighted by molar-refractivity contribution is 0.568. The molecule has 1 nitrogen and oxygen atoms in total. The Hall–Kier alpha value is -0.670. The van der Waals surface area contributed by atoms with Gasteiger partial charge in [-0.2, -0.15) is 0 Å². The van der Waals surface area contributed by atoms with E-state index < -0.39 is 0 Å². The zero-order chi connectivity index (χ0) is 14.5. The molecule has 0 amide bonds. The molecule has 0 saturated carbocycles. The van der Waals surface area contributed by atoms with E-state index in [1.807, 2.05) is 25.2 Å². The quantitative estimate of drug-likeness (QED) is 0.743. The first kappa shape index (κ1) is 15.7. The molecule has 0 heterocycles. The highest BCUT2D eigenvalue weighted by Gasteiger charge is 2.12. The molecular weight excluding hydrogens is 309 g/mol. The van der Waals surface area contributed by atoms with Crippen molar-refractivity contribution in [2.24, 2.45) is 0 Å². The minimum Gasteiger partial charge on any atom is -0.313 e. The Morgan fingerprint density at radius 2 is 1.85 bits per heavy atom. The summed E-state index contributed by atoms with van der Waals surface area (Å²) < 4.78 is 0. The zero-order valence-electron chi connectivity index (χ0n) is 11.5. The highest BCUT2D eigenvalue weighted by Crippen LogP contribution is 2.36. The van der Waals surface area contributed by atoms with Crippen LogP contribution in [-0.2, 0) is 0 Å². The second kappa shape index (κ2) is 7.37. The van der Waals surface area contributed by atoms with Crippen LogP contribution in [0.15, 0.2) is 52.3 Å². The van der Waals surface area contributed by atoms with E-state index in [4.69, 9.17) is 23.2 Å². The lowest BCUT2D eigenvalue weighted by Crippen LogP contribution is -2.15. The van der Waals surface area contributed by atoms with E-state index in [0.717, 1.165) is 11.3 Å². The number of hydrogen-bond acceptors (Lipinski definition) is 2. The minimum absolute atomic E-state index is 0.362. The van der Waals surface area contributed by atoms with Gasteiger partial charge in [-0.15, -0.1) is 0 Å². The first-order valence-corrected chi connectivity index (χ1v) is 8.12. The van der Waals surface area contributed by atoms with E-state index >= 15 is 0 Å². The topological polar surface area (TPSA) is 12.0 Å². The third kappa shape index (κ3) is 3.70. The van der Waals surface area contributed by atoms with Crippen molar-refractivity contribution in [2.75, 3.05) is 7.05 Å². The third-order valence-corrected chi connectivity index (χ3v) is 4.99. The fraction of sp³-hybridized carbons (Fsp3) is 0.250. The molecule has 0 aromatic heterocycles. The van der Waals surface area contributed by atoms with E-state index in [1.54, 1.807) is 11.8 Å². The Morgan fingerprint density at radius 1 is 1.10 bits per heavy atom. The Bertz CT molecular complexity index is 582. The smallest absolute Gasteiger partial charge is 0.0603 e. The SMILES string of the molecule is CCC(NC)c1ccccc1Sc1ccc(Cl)c(Cl)c1. The summed E-state index contributed by atoms with van der Waals surface area (Å²) in [4.78, 5) is 2.34. The largest absolute Gasteiger partial charge is 0.313 e. The molecule has 1 unspecified atom stereocenters. The first-order valence-electron chi connectivity index (χ1n) is 6.54. The monoisotopic (exact) mass is 325 g/mol. The molecule has 0 spiro atoms. The molecule has 2 aromatic rings. The van der Waals surface area contributed by atoms with Crippen LogP contribution in [0.3, 0.4) is 0 Å². The standard InChI is InChI=1S/C16H17Cl2NS/c1-3-15(19-2)12-6-4-5-7-16(12)20-11-8-9-13(17)14(18)10-11/h4-10,15,19H,3H2,1-2H3. The maximum absolute atomic E-state index is 6.08. The van der Waals surface area contributed by atoms with Gasteiger partial charge >= 0.3 is 0 Å². The molecule has 0 radical (unpaired) electrons. The van der Waals surface area contributed by atoms with Gasteiger partial charge in [0.25, 0.3) is 0 Å². The van der Waals surface area contributed by atoms with E-state index in [0.29, 0.717) is 16.1 Å². The normalized spacial score (nSPS) is 12.4. The van der Waals surface area contributed by atoms with E-state index in [2.05, 4.69) is 36.5 Å². The molecule has 0 aliphatic carbocycles. The van der Waals surface area contributed by atoms with Crippen molar-refractivity contribution in [1.29, 1.82) is 0 Å². The fourth-order valence-corrected chi connectivity index (χ4v) is 3.51. The number of nitrogens with one attached hydrogen (secondary N) is 1. The van der Waals surface area contributed by atoms with Crippen LogP contribution in [0.25, 0.3) is 0 Å². The molecule has 0 fully saturated rings. The van der Waals surface area contributed by atoms with Gasteiger partial charge in [0.2, 0.25) is 0 Å². The maximum atomic E-state index is 6.08. The van der Waals surface area contributed by atoms with Crippen molar-refractivity contribution in [1.82, 2.24) is 5.32 Å². The average Bonchev–Trinajstić information content (AvgIpc) is 2.46. The van der Waals surface area contributed by atoms with Crippen LogP contribution in [0, 0.1) is 0 Å². The summed E-state index contributed by atoms with van der Waals surface area (Å²) in [7, 11) is 1.99. The molecule has 20 heavy (non-hydrogen) atoms. The summed E-state index contributed by atoms with van der Waals surface area (Å²) in [6, 6.07) is 14.6. The molecule has 2 aromatic carbocycles. The van der Waals surface area contributed by atoms with E-state index in [-0.39, 0.29) is 0 Å². The molecule has 0 aliphatic rings. The lowest BCUT2D eigenvalue weighted by Gasteiger charge is -2.18. The van der Waals surface area contributed by atoms with Gasteiger partial charge in [-0.1, -0.05) is 60.1 Å². The van der Waals surface area contributed by atoms with Crippen molar-refractivity contribution in [3.05, 3.63) is 58.1 Å². The molecule has 4 heteroatoms. The van der Waals surface area contributed by atoms with Gasteiger partial charge in [0.05, 0.1) is 10.0 Å². The highest BCUT2D eigenvalue weighted by atomic mass is 35.5. The zero-order valence-corrected chi connectivity index (χ0v) is 13.8. The summed E-state index contributed by atoms with van der Waals surface area (Å²) in [6.07, 6.45) is 1.05. The van der Waals surface area contributed by atoms with Crippen LogP contribution < -0.4 is 5.32 Å². The van der Waals surface area contributed by atoms with Crippen LogP contribution in [0.4, 0.5) is 0 Å². The Kier molecular flexibility index (Phi) is 5.79. The maximum Gasteiger partial charge on any atom is 0.0603 e. The van der Waals surface area contributed by atoms with Gasteiger partial charge in [-0.25, -0.2) is 0 Å². The van der Waals surface area contributed by atoms with Gasteiger partial charge in [0.15, 0.2) is 0 Å². The molecule has 2 rings (SSSR count). The third-order valence-electron chi connectivity index (χ3n) is 3.17. The van der Waals surface area contributed by atoms with Gasteiger partial charge in [-0.05, 0) is 43.3 Å². The minimum atomic E-state index is 0.362. The number of halogens is 2. The van der Waals surface area contributed by atoms with Crippen LogP contribution in [0.5, 0.6) is 0 Å². The van der Waals surface area contributed by atoms with Gasteiger partial charge in [-0.3, -0.25) is 0 Å². The Morgan fingerprint density at radius 3 is 2.50 bits per heavy atom. The molecule has 106 valence electrons. The first-order chi connectivity index (χ1) is 9.65. The second-order valence-corrected chi connectivity index (χ2v) is 6.40. The number of hydrogen-bond donors (Lipinski definition) is 1. The van der Waals surface area contributed by atoms with Crippen molar-refractivity contribution in [2.45, 2.75) is 29.2 Å². The van der Waals surface area contributed by atoms with Crippen molar-refractivity contribution >= 4 is 35.0 Å². The Labute approximate surface area is 134 Å². The summed E-state index contributed by atoms with van der Waals surface area (Å²) >= 11 is 13.8.